The molecule has 1 aromatic rings. The molecule has 0 spiro atoms. The largest absolute Gasteiger partial charge is 0.478 e. The van der Waals surface area contributed by atoms with Crippen LogP contribution in [0.1, 0.15) is 41.5 Å². The summed E-state index contributed by atoms with van der Waals surface area (Å²) in [7, 11) is 0. The van der Waals surface area contributed by atoms with Crippen molar-refractivity contribution in [3.8, 4) is 0 Å². The standard InChI is InChI=1S/C12H13FO4/c1-12(2,3)17-11(16)7-5-4-6-8(13)9(7)10(14)15/h4-6H,1-3H3,(H,14,15). The highest BCUT2D eigenvalue weighted by molar-refractivity contribution is 6.02. The Labute approximate surface area is 98.0 Å². The van der Waals surface area contributed by atoms with E-state index in [1.807, 2.05) is 0 Å². The minimum Gasteiger partial charge on any atom is -0.478 e. The Morgan fingerprint density at radius 3 is 2.35 bits per heavy atom. The number of carboxylic acids is 1. The molecule has 0 radical (unpaired) electrons. The van der Waals surface area contributed by atoms with E-state index in [0.717, 1.165) is 6.07 Å². The Hall–Kier alpha value is -1.91. The number of halogens is 1. The molecule has 0 aliphatic carbocycles. The van der Waals surface area contributed by atoms with Gasteiger partial charge < -0.3 is 9.84 Å². The summed E-state index contributed by atoms with van der Waals surface area (Å²) in [5.41, 5.74) is -1.71. The molecular weight excluding hydrogens is 227 g/mol. The van der Waals surface area contributed by atoms with Gasteiger partial charge in [-0.3, -0.25) is 0 Å². The third-order valence-corrected chi connectivity index (χ3v) is 1.85. The maximum Gasteiger partial charge on any atom is 0.339 e. The molecule has 1 aromatic carbocycles. The fourth-order valence-corrected chi connectivity index (χ4v) is 1.24. The van der Waals surface area contributed by atoms with Crippen molar-refractivity contribution in [1.82, 2.24) is 0 Å². The van der Waals surface area contributed by atoms with Crippen LogP contribution in [0, 0.1) is 5.82 Å². The highest BCUT2D eigenvalue weighted by Crippen LogP contribution is 2.18. The van der Waals surface area contributed by atoms with Crippen LogP contribution in [0.2, 0.25) is 0 Å². The summed E-state index contributed by atoms with van der Waals surface area (Å²) >= 11 is 0. The first kappa shape index (κ1) is 13.2. The highest BCUT2D eigenvalue weighted by atomic mass is 19.1. The van der Waals surface area contributed by atoms with Gasteiger partial charge in [-0.1, -0.05) is 6.07 Å². The molecule has 0 atom stereocenters. The second-order valence-electron chi connectivity index (χ2n) is 4.47. The zero-order valence-corrected chi connectivity index (χ0v) is 9.78. The van der Waals surface area contributed by atoms with E-state index in [4.69, 9.17) is 9.84 Å². The molecule has 1 N–H and O–H groups in total. The average Bonchev–Trinajstić information content (AvgIpc) is 2.13. The van der Waals surface area contributed by atoms with E-state index >= 15 is 0 Å². The van der Waals surface area contributed by atoms with Gasteiger partial charge in [-0.25, -0.2) is 14.0 Å². The van der Waals surface area contributed by atoms with Crippen molar-refractivity contribution in [2.45, 2.75) is 26.4 Å². The van der Waals surface area contributed by atoms with E-state index in [1.54, 1.807) is 20.8 Å². The van der Waals surface area contributed by atoms with Crippen LogP contribution in [0.15, 0.2) is 18.2 Å². The number of aromatic carboxylic acids is 1. The first-order chi connectivity index (χ1) is 7.72. The number of rotatable bonds is 2. The number of carbonyl (C=O) groups excluding carboxylic acids is 1. The van der Waals surface area contributed by atoms with Crippen LogP contribution >= 0.6 is 0 Å². The van der Waals surface area contributed by atoms with E-state index in [2.05, 4.69) is 0 Å². The Morgan fingerprint density at radius 1 is 1.29 bits per heavy atom. The number of benzene rings is 1. The lowest BCUT2D eigenvalue weighted by Gasteiger charge is -2.20. The van der Waals surface area contributed by atoms with Gasteiger partial charge in [-0.2, -0.15) is 0 Å². The van der Waals surface area contributed by atoms with Gasteiger partial charge in [0.1, 0.15) is 17.0 Å². The van der Waals surface area contributed by atoms with Gasteiger partial charge in [0.05, 0.1) is 5.56 Å². The van der Waals surface area contributed by atoms with Gasteiger partial charge in [0.15, 0.2) is 0 Å². The predicted octanol–water partition coefficient (Wildman–Crippen LogP) is 2.48. The number of carboxylic acid groups (broad SMARTS) is 1. The van der Waals surface area contributed by atoms with Gasteiger partial charge in [-0.15, -0.1) is 0 Å². The summed E-state index contributed by atoms with van der Waals surface area (Å²) in [6, 6.07) is 3.47. The minimum absolute atomic E-state index is 0.285. The SMILES string of the molecule is CC(C)(C)OC(=O)c1cccc(F)c1C(=O)O. The predicted molar refractivity (Wildman–Crippen MR) is 58.5 cm³/mol. The van der Waals surface area contributed by atoms with Crippen molar-refractivity contribution < 1.29 is 23.8 Å². The van der Waals surface area contributed by atoms with E-state index in [1.165, 1.54) is 12.1 Å². The van der Waals surface area contributed by atoms with Crippen molar-refractivity contribution >= 4 is 11.9 Å². The molecule has 5 heteroatoms. The number of esters is 1. The Balaban J connectivity index is 3.19. The molecule has 0 aliphatic rings. The topological polar surface area (TPSA) is 63.6 Å². The number of ether oxygens (including phenoxy) is 1. The molecule has 0 heterocycles. The Kier molecular flexibility index (Phi) is 3.50. The van der Waals surface area contributed by atoms with Crippen molar-refractivity contribution in [2.24, 2.45) is 0 Å². The zero-order valence-electron chi connectivity index (χ0n) is 9.78. The highest BCUT2D eigenvalue weighted by Gasteiger charge is 2.25. The van der Waals surface area contributed by atoms with Crippen LogP contribution in [0.4, 0.5) is 4.39 Å². The molecule has 0 unspecified atom stereocenters. The number of hydrogen-bond donors (Lipinski definition) is 1. The molecule has 0 saturated heterocycles. The number of hydrogen-bond acceptors (Lipinski definition) is 3. The summed E-state index contributed by atoms with van der Waals surface area (Å²) < 4.78 is 18.3. The lowest BCUT2D eigenvalue weighted by molar-refractivity contribution is 0.00651. The van der Waals surface area contributed by atoms with Crippen molar-refractivity contribution in [3.63, 3.8) is 0 Å². The Bertz CT molecular complexity index is 460. The fraction of sp³-hybridized carbons (Fsp3) is 0.333. The molecule has 0 amide bonds. The summed E-state index contributed by atoms with van der Waals surface area (Å²) in [6.07, 6.45) is 0. The molecule has 0 fully saturated rings. The van der Waals surface area contributed by atoms with Gasteiger partial charge in [0.25, 0.3) is 0 Å². The van der Waals surface area contributed by atoms with E-state index < -0.39 is 28.9 Å². The normalized spacial score (nSPS) is 11.1. The van der Waals surface area contributed by atoms with Crippen LogP contribution in [0.25, 0.3) is 0 Å². The third-order valence-electron chi connectivity index (χ3n) is 1.85. The summed E-state index contributed by atoms with van der Waals surface area (Å²) in [5.74, 6) is -3.31. The molecule has 0 saturated carbocycles. The molecule has 17 heavy (non-hydrogen) atoms. The van der Waals surface area contributed by atoms with Gasteiger partial charge in [-0.05, 0) is 32.9 Å². The van der Waals surface area contributed by atoms with Crippen LogP contribution < -0.4 is 0 Å². The number of carbonyl (C=O) groups is 2. The lowest BCUT2D eigenvalue weighted by Crippen LogP contribution is -2.25. The van der Waals surface area contributed by atoms with Crippen molar-refractivity contribution in [1.29, 1.82) is 0 Å². The minimum atomic E-state index is -1.50. The third kappa shape index (κ3) is 3.27. The van der Waals surface area contributed by atoms with Gasteiger partial charge >= 0.3 is 11.9 Å². The summed E-state index contributed by atoms with van der Waals surface area (Å²) in [6.45, 7) is 4.93. The zero-order chi connectivity index (χ0) is 13.2. The first-order valence-electron chi connectivity index (χ1n) is 4.97. The fourth-order valence-electron chi connectivity index (χ4n) is 1.24. The van der Waals surface area contributed by atoms with Crippen LogP contribution in [0.3, 0.4) is 0 Å². The average molecular weight is 240 g/mol. The molecule has 0 bridgehead atoms. The maximum absolute atomic E-state index is 13.3. The molecular formula is C12H13FO4. The van der Waals surface area contributed by atoms with Gasteiger partial charge in [0.2, 0.25) is 0 Å². The molecule has 0 aromatic heterocycles. The first-order valence-corrected chi connectivity index (χ1v) is 4.97. The second kappa shape index (κ2) is 4.53. The van der Waals surface area contributed by atoms with Gasteiger partial charge in [0, 0.05) is 0 Å². The van der Waals surface area contributed by atoms with E-state index in [9.17, 15) is 14.0 Å². The maximum atomic E-state index is 13.3. The Morgan fingerprint density at radius 2 is 1.88 bits per heavy atom. The van der Waals surface area contributed by atoms with Crippen LogP contribution in [0.5, 0.6) is 0 Å². The molecule has 4 nitrogen and oxygen atoms in total. The van der Waals surface area contributed by atoms with Crippen LogP contribution in [-0.2, 0) is 4.74 Å². The summed E-state index contributed by atoms with van der Waals surface area (Å²) in [5, 5.41) is 8.85. The molecule has 0 aliphatic heterocycles. The van der Waals surface area contributed by atoms with Crippen molar-refractivity contribution in [3.05, 3.63) is 35.1 Å². The molecule has 92 valence electrons. The van der Waals surface area contributed by atoms with E-state index in [0.29, 0.717) is 0 Å². The smallest absolute Gasteiger partial charge is 0.339 e. The van der Waals surface area contributed by atoms with E-state index in [-0.39, 0.29) is 5.56 Å². The monoisotopic (exact) mass is 240 g/mol. The van der Waals surface area contributed by atoms with Crippen LogP contribution in [-0.4, -0.2) is 22.6 Å². The quantitative estimate of drug-likeness (QED) is 0.806. The second-order valence-corrected chi connectivity index (χ2v) is 4.47. The summed E-state index contributed by atoms with van der Waals surface area (Å²) in [4.78, 5) is 22.6. The molecule has 1 rings (SSSR count). The lowest BCUT2D eigenvalue weighted by atomic mass is 10.1. The van der Waals surface area contributed by atoms with Crippen molar-refractivity contribution in [2.75, 3.05) is 0 Å².